The summed E-state index contributed by atoms with van der Waals surface area (Å²) in [7, 11) is 0. The van der Waals surface area contributed by atoms with E-state index >= 15 is 0 Å². The van der Waals surface area contributed by atoms with Crippen molar-refractivity contribution < 1.29 is 4.39 Å². The smallest absolute Gasteiger partial charge is 0.124 e. The Morgan fingerprint density at radius 2 is 2.06 bits per heavy atom. The lowest BCUT2D eigenvalue weighted by atomic mass is 9.91. The molecule has 0 spiro atoms. The summed E-state index contributed by atoms with van der Waals surface area (Å²) in [6.45, 7) is 7.60. The zero-order valence-electron chi connectivity index (χ0n) is 11.5. The van der Waals surface area contributed by atoms with Gasteiger partial charge in [-0.2, -0.15) is 0 Å². The number of rotatable bonds is 7. The van der Waals surface area contributed by atoms with Gasteiger partial charge >= 0.3 is 0 Å². The van der Waals surface area contributed by atoms with Crippen LogP contribution in [0.25, 0.3) is 0 Å². The first-order chi connectivity index (χ1) is 8.58. The van der Waals surface area contributed by atoms with Crippen LogP contribution in [0.2, 0.25) is 0 Å². The fraction of sp³-hybridized carbons (Fsp3) is 0.600. The molecule has 0 saturated heterocycles. The molecule has 2 atom stereocenters. The van der Waals surface area contributed by atoms with Crippen LogP contribution in [-0.2, 0) is 6.42 Å². The molecule has 1 nitrogen and oxygen atoms in total. The van der Waals surface area contributed by atoms with E-state index in [1.165, 1.54) is 24.5 Å². The second-order valence-corrected chi connectivity index (χ2v) is 5.72. The highest BCUT2D eigenvalue weighted by atomic mass is 79.9. The van der Waals surface area contributed by atoms with E-state index in [0.29, 0.717) is 12.0 Å². The van der Waals surface area contributed by atoms with Crippen molar-refractivity contribution in [2.75, 3.05) is 6.54 Å². The van der Waals surface area contributed by atoms with Gasteiger partial charge in [0.2, 0.25) is 0 Å². The lowest BCUT2D eigenvalue weighted by molar-refractivity contribution is 0.357. The van der Waals surface area contributed by atoms with Crippen molar-refractivity contribution in [2.45, 2.75) is 46.1 Å². The van der Waals surface area contributed by atoms with Crippen LogP contribution in [0.3, 0.4) is 0 Å². The molecule has 0 amide bonds. The number of benzene rings is 1. The van der Waals surface area contributed by atoms with Gasteiger partial charge in [0, 0.05) is 10.5 Å². The molecular weight excluding hydrogens is 293 g/mol. The molecule has 0 bridgehead atoms. The van der Waals surface area contributed by atoms with E-state index in [4.69, 9.17) is 0 Å². The summed E-state index contributed by atoms with van der Waals surface area (Å²) >= 11 is 3.45. The molecule has 3 heteroatoms. The van der Waals surface area contributed by atoms with E-state index < -0.39 is 0 Å². The van der Waals surface area contributed by atoms with Crippen molar-refractivity contribution in [2.24, 2.45) is 5.92 Å². The predicted octanol–water partition coefficient (Wildman–Crippen LogP) is 4.55. The van der Waals surface area contributed by atoms with Crippen molar-refractivity contribution in [3.8, 4) is 0 Å². The normalized spacial score (nSPS) is 14.5. The first kappa shape index (κ1) is 15.6. The van der Waals surface area contributed by atoms with E-state index in [2.05, 4.69) is 42.0 Å². The fourth-order valence-corrected chi connectivity index (χ4v) is 2.83. The first-order valence-electron chi connectivity index (χ1n) is 6.75. The molecule has 102 valence electrons. The quantitative estimate of drug-likeness (QED) is 0.778. The van der Waals surface area contributed by atoms with Gasteiger partial charge in [0.1, 0.15) is 5.82 Å². The SMILES string of the molecule is CCCC(C)C(Cc1ccc(F)cc1Br)NCC. The molecule has 0 heterocycles. The van der Waals surface area contributed by atoms with Crippen LogP contribution in [0.5, 0.6) is 0 Å². The molecular formula is C15H23BrFN. The van der Waals surface area contributed by atoms with Crippen LogP contribution in [0.1, 0.15) is 39.2 Å². The topological polar surface area (TPSA) is 12.0 Å². The van der Waals surface area contributed by atoms with E-state index in [0.717, 1.165) is 17.4 Å². The summed E-state index contributed by atoms with van der Waals surface area (Å²) < 4.78 is 13.9. The minimum Gasteiger partial charge on any atom is -0.314 e. The van der Waals surface area contributed by atoms with Gasteiger partial charge in [-0.25, -0.2) is 4.39 Å². The largest absolute Gasteiger partial charge is 0.314 e. The molecule has 1 aromatic rings. The van der Waals surface area contributed by atoms with Gasteiger partial charge in [0.25, 0.3) is 0 Å². The van der Waals surface area contributed by atoms with Crippen molar-refractivity contribution in [1.82, 2.24) is 5.32 Å². The molecule has 2 unspecified atom stereocenters. The Labute approximate surface area is 118 Å². The third-order valence-electron chi connectivity index (χ3n) is 3.35. The van der Waals surface area contributed by atoms with Crippen LogP contribution >= 0.6 is 15.9 Å². The van der Waals surface area contributed by atoms with E-state index in [-0.39, 0.29) is 5.82 Å². The van der Waals surface area contributed by atoms with Gasteiger partial charge in [0.05, 0.1) is 0 Å². The van der Waals surface area contributed by atoms with Gasteiger partial charge in [0.15, 0.2) is 0 Å². The van der Waals surface area contributed by atoms with Gasteiger partial charge in [-0.1, -0.05) is 49.2 Å². The van der Waals surface area contributed by atoms with Gasteiger partial charge in [-0.3, -0.25) is 0 Å². The molecule has 0 saturated carbocycles. The first-order valence-corrected chi connectivity index (χ1v) is 7.55. The van der Waals surface area contributed by atoms with Crippen molar-refractivity contribution >= 4 is 15.9 Å². The maximum atomic E-state index is 13.1. The zero-order valence-corrected chi connectivity index (χ0v) is 13.1. The van der Waals surface area contributed by atoms with Crippen molar-refractivity contribution in [1.29, 1.82) is 0 Å². The lowest BCUT2D eigenvalue weighted by Gasteiger charge is -2.25. The third kappa shape index (κ3) is 4.69. The van der Waals surface area contributed by atoms with Crippen LogP contribution in [0.4, 0.5) is 4.39 Å². The Hall–Kier alpha value is -0.410. The standard InChI is InChI=1S/C15H23BrFN/c1-4-6-11(3)15(18-5-2)9-12-7-8-13(17)10-14(12)16/h7-8,10-11,15,18H,4-6,9H2,1-3H3. The number of halogens is 2. The Balaban J connectivity index is 2.75. The second kappa shape index (κ2) is 7.90. The number of likely N-dealkylation sites (N-methyl/N-ethyl adjacent to an activating group) is 1. The molecule has 1 N–H and O–H groups in total. The second-order valence-electron chi connectivity index (χ2n) is 4.87. The third-order valence-corrected chi connectivity index (χ3v) is 4.09. The maximum absolute atomic E-state index is 13.1. The highest BCUT2D eigenvalue weighted by Gasteiger charge is 2.17. The Bertz CT molecular complexity index is 368. The highest BCUT2D eigenvalue weighted by Crippen LogP contribution is 2.22. The van der Waals surface area contributed by atoms with Gasteiger partial charge < -0.3 is 5.32 Å². The summed E-state index contributed by atoms with van der Waals surface area (Å²) in [5.41, 5.74) is 1.17. The summed E-state index contributed by atoms with van der Waals surface area (Å²) in [5.74, 6) is 0.444. The predicted molar refractivity (Wildman–Crippen MR) is 79.3 cm³/mol. The molecule has 0 aromatic heterocycles. The minimum atomic E-state index is -0.188. The van der Waals surface area contributed by atoms with Gasteiger partial charge in [-0.05, 0) is 43.0 Å². The molecule has 1 aromatic carbocycles. The van der Waals surface area contributed by atoms with E-state index in [9.17, 15) is 4.39 Å². The minimum absolute atomic E-state index is 0.188. The number of nitrogens with one attached hydrogen (secondary N) is 1. The van der Waals surface area contributed by atoms with Crippen LogP contribution < -0.4 is 5.32 Å². The molecule has 1 rings (SSSR count). The average molecular weight is 316 g/mol. The average Bonchev–Trinajstić information content (AvgIpc) is 2.32. The highest BCUT2D eigenvalue weighted by molar-refractivity contribution is 9.10. The van der Waals surface area contributed by atoms with Crippen molar-refractivity contribution in [3.63, 3.8) is 0 Å². The zero-order chi connectivity index (χ0) is 13.5. The van der Waals surface area contributed by atoms with Crippen LogP contribution in [0, 0.1) is 11.7 Å². The summed E-state index contributed by atoms with van der Waals surface area (Å²) in [5, 5.41) is 3.54. The van der Waals surface area contributed by atoms with Gasteiger partial charge in [-0.15, -0.1) is 0 Å². The maximum Gasteiger partial charge on any atom is 0.124 e. The summed E-state index contributed by atoms with van der Waals surface area (Å²) in [4.78, 5) is 0. The van der Waals surface area contributed by atoms with Crippen LogP contribution in [0.15, 0.2) is 22.7 Å². The molecule has 0 aliphatic carbocycles. The summed E-state index contributed by atoms with van der Waals surface area (Å²) in [6, 6.07) is 5.41. The Morgan fingerprint density at radius 1 is 1.33 bits per heavy atom. The van der Waals surface area contributed by atoms with E-state index in [1.807, 2.05) is 6.07 Å². The number of hydrogen-bond donors (Lipinski definition) is 1. The summed E-state index contributed by atoms with van der Waals surface area (Å²) in [6.07, 6.45) is 3.36. The van der Waals surface area contributed by atoms with Crippen molar-refractivity contribution in [3.05, 3.63) is 34.1 Å². The van der Waals surface area contributed by atoms with E-state index in [1.54, 1.807) is 6.07 Å². The lowest BCUT2D eigenvalue weighted by Crippen LogP contribution is -2.36. The fourth-order valence-electron chi connectivity index (χ4n) is 2.32. The Morgan fingerprint density at radius 3 is 2.61 bits per heavy atom. The van der Waals surface area contributed by atoms with Crippen LogP contribution in [-0.4, -0.2) is 12.6 Å². The Kier molecular flexibility index (Phi) is 6.87. The molecule has 0 aliphatic rings. The molecule has 0 fully saturated rings. The number of hydrogen-bond acceptors (Lipinski definition) is 1. The molecule has 0 aliphatic heterocycles. The molecule has 18 heavy (non-hydrogen) atoms. The molecule has 0 radical (unpaired) electrons. The monoisotopic (exact) mass is 315 g/mol.